The molecule has 3 aromatic rings. The third-order valence-electron chi connectivity index (χ3n) is 7.25. The second-order valence-corrected chi connectivity index (χ2v) is 12.2. The van der Waals surface area contributed by atoms with Gasteiger partial charge in [0.25, 0.3) is 0 Å². The molecule has 0 radical (unpaired) electrons. The molecule has 0 amide bonds. The first kappa shape index (κ1) is 30.0. The number of nitrogens with one attached hydrogen (secondary N) is 1. The lowest BCUT2D eigenvalue weighted by molar-refractivity contribution is 0.0531. The van der Waals surface area contributed by atoms with E-state index in [2.05, 4.69) is 20.1 Å². The number of aromatic nitrogens is 3. The van der Waals surface area contributed by atoms with Crippen LogP contribution in [0.4, 0.5) is 22.7 Å². The first-order chi connectivity index (χ1) is 20.4. The van der Waals surface area contributed by atoms with Crippen LogP contribution in [0.25, 0.3) is 0 Å². The summed E-state index contributed by atoms with van der Waals surface area (Å²) in [6.07, 6.45) is 3.00. The lowest BCUT2D eigenvalue weighted by Crippen LogP contribution is -2.35. The molecule has 0 atom stereocenters. The van der Waals surface area contributed by atoms with Gasteiger partial charge in [0.1, 0.15) is 16.5 Å². The zero-order valence-electron chi connectivity index (χ0n) is 24.8. The minimum absolute atomic E-state index is 0.312. The standard InChI is InChI=1S/C29H38N6O5S2/c1-6-40-27(36)24-18(2)30-29(42-24)33-28-31-25(34-11-13-41-14-12-34)20-9-7-8-10-35(26(20)32-28)17-19-15-21(37-3)23(39-5)22(16-19)38-4/h15-16H,6-14,17H2,1-5H3,(H,30,31,32,33). The molecule has 226 valence electrons. The Balaban J connectivity index is 1.54. The Hall–Kier alpha value is -3.45. The molecule has 0 bridgehead atoms. The van der Waals surface area contributed by atoms with Crippen LogP contribution >= 0.6 is 23.1 Å². The molecule has 0 spiro atoms. The fraction of sp³-hybridized carbons (Fsp3) is 0.517. The van der Waals surface area contributed by atoms with E-state index in [1.165, 1.54) is 16.9 Å². The Kier molecular flexibility index (Phi) is 9.78. The zero-order chi connectivity index (χ0) is 29.6. The molecule has 1 fully saturated rings. The Bertz CT molecular complexity index is 1390. The number of hydrogen-bond acceptors (Lipinski definition) is 13. The van der Waals surface area contributed by atoms with E-state index in [4.69, 9.17) is 28.9 Å². The minimum Gasteiger partial charge on any atom is -0.493 e. The first-order valence-corrected chi connectivity index (χ1v) is 16.1. The molecule has 1 aromatic carbocycles. The number of aryl methyl sites for hydroxylation is 1. The summed E-state index contributed by atoms with van der Waals surface area (Å²) in [5.74, 6) is 5.90. The molecule has 0 unspecified atom stereocenters. The lowest BCUT2D eigenvalue weighted by atomic mass is 10.1. The molecule has 2 aromatic heterocycles. The van der Waals surface area contributed by atoms with Crippen molar-refractivity contribution < 1.29 is 23.7 Å². The van der Waals surface area contributed by atoms with E-state index in [1.54, 1.807) is 28.3 Å². The number of esters is 1. The maximum Gasteiger partial charge on any atom is 0.350 e. The highest BCUT2D eigenvalue weighted by molar-refractivity contribution is 7.99. The number of nitrogens with zero attached hydrogens (tertiary/aromatic N) is 5. The number of carbonyl (C=O) groups excluding carboxylic acids is 1. The molecule has 4 heterocycles. The molecule has 2 aliphatic rings. The number of ether oxygens (including phenoxy) is 4. The fourth-order valence-electron chi connectivity index (χ4n) is 5.28. The van der Waals surface area contributed by atoms with Gasteiger partial charge in [0.15, 0.2) is 16.6 Å². The van der Waals surface area contributed by atoms with Gasteiger partial charge in [-0.25, -0.2) is 9.78 Å². The summed E-state index contributed by atoms with van der Waals surface area (Å²) < 4.78 is 22.0. The van der Waals surface area contributed by atoms with Crippen molar-refractivity contribution in [3.05, 3.63) is 33.8 Å². The van der Waals surface area contributed by atoms with E-state index < -0.39 is 0 Å². The van der Waals surface area contributed by atoms with Gasteiger partial charge in [-0.15, -0.1) is 0 Å². The topological polar surface area (TPSA) is 111 Å². The highest BCUT2D eigenvalue weighted by atomic mass is 32.2. The molecule has 13 heteroatoms. The van der Waals surface area contributed by atoms with Crippen molar-refractivity contribution in [1.29, 1.82) is 0 Å². The largest absolute Gasteiger partial charge is 0.493 e. The molecule has 1 N–H and O–H groups in total. The van der Waals surface area contributed by atoms with Crippen molar-refractivity contribution in [2.75, 3.05) is 74.2 Å². The summed E-state index contributed by atoms with van der Waals surface area (Å²) in [5, 5.41) is 3.87. The third kappa shape index (κ3) is 6.46. The van der Waals surface area contributed by atoms with Crippen LogP contribution in [0, 0.1) is 6.92 Å². The summed E-state index contributed by atoms with van der Waals surface area (Å²) in [4.78, 5) is 32.3. The van der Waals surface area contributed by atoms with Gasteiger partial charge in [-0.1, -0.05) is 11.3 Å². The van der Waals surface area contributed by atoms with Crippen LogP contribution in [0.15, 0.2) is 12.1 Å². The van der Waals surface area contributed by atoms with E-state index in [9.17, 15) is 4.79 Å². The summed E-state index contributed by atoms with van der Waals surface area (Å²) in [6, 6.07) is 3.98. The summed E-state index contributed by atoms with van der Waals surface area (Å²) in [5.41, 5.74) is 2.81. The number of thiazole rings is 1. The maximum absolute atomic E-state index is 12.4. The average Bonchev–Trinajstić information content (AvgIpc) is 3.26. The molecule has 0 saturated carbocycles. The predicted octanol–water partition coefficient (Wildman–Crippen LogP) is 5.08. The van der Waals surface area contributed by atoms with Crippen molar-refractivity contribution in [3.8, 4) is 17.2 Å². The lowest BCUT2D eigenvalue weighted by Gasteiger charge is -2.32. The number of fused-ring (bicyclic) bond motifs is 1. The van der Waals surface area contributed by atoms with Crippen molar-refractivity contribution in [2.24, 2.45) is 0 Å². The Labute approximate surface area is 254 Å². The second kappa shape index (κ2) is 13.7. The highest BCUT2D eigenvalue weighted by Gasteiger charge is 2.27. The number of carbonyl (C=O) groups is 1. The van der Waals surface area contributed by atoms with Crippen molar-refractivity contribution in [2.45, 2.75) is 39.7 Å². The molecular weight excluding hydrogens is 576 g/mol. The molecular formula is C29H38N6O5S2. The number of hydrogen-bond donors (Lipinski definition) is 1. The summed E-state index contributed by atoms with van der Waals surface area (Å²) in [6.45, 7) is 7.24. The molecule has 2 aliphatic heterocycles. The fourth-order valence-corrected chi connectivity index (χ4v) is 7.04. The number of rotatable bonds is 10. The number of benzene rings is 1. The van der Waals surface area contributed by atoms with Gasteiger partial charge in [-0.05, 0) is 50.8 Å². The number of anilines is 4. The Morgan fingerprint density at radius 1 is 0.976 bits per heavy atom. The quantitative estimate of drug-likeness (QED) is 0.307. The predicted molar refractivity (Wildman–Crippen MR) is 168 cm³/mol. The molecule has 11 nitrogen and oxygen atoms in total. The van der Waals surface area contributed by atoms with Crippen LogP contribution in [0.3, 0.4) is 0 Å². The Morgan fingerprint density at radius 3 is 2.36 bits per heavy atom. The SMILES string of the molecule is CCOC(=O)c1sc(Nc2nc(N3CCSCC3)c3c(n2)N(Cc2cc(OC)c(OC)c(OC)c2)CCCC3)nc1C. The van der Waals surface area contributed by atoms with E-state index in [1.807, 2.05) is 30.8 Å². The number of methoxy groups -OCH3 is 3. The van der Waals surface area contributed by atoms with Crippen molar-refractivity contribution in [3.63, 3.8) is 0 Å². The van der Waals surface area contributed by atoms with Crippen LogP contribution < -0.4 is 29.3 Å². The van der Waals surface area contributed by atoms with Gasteiger partial charge < -0.3 is 28.7 Å². The highest BCUT2D eigenvalue weighted by Crippen LogP contribution is 2.40. The summed E-state index contributed by atoms with van der Waals surface area (Å²) >= 11 is 3.22. The van der Waals surface area contributed by atoms with Gasteiger partial charge >= 0.3 is 5.97 Å². The number of thioether (sulfide) groups is 1. The molecule has 1 saturated heterocycles. The van der Waals surface area contributed by atoms with Crippen molar-refractivity contribution >= 4 is 51.8 Å². The van der Waals surface area contributed by atoms with E-state index >= 15 is 0 Å². The van der Waals surface area contributed by atoms with Crippen LogP contribution in [0.2, 0.25) is 0 Å². The monoisotopic (exact) mass is 614 g/mol. The zero-order valence-corrected chi connectivity index (χ0v) is 26.5. The normalized spacial score (nSPS) is 15.1. The third-order valence-corrected chi connectivity index (χ3v) is 9.25. The van der Waals surface area contributed by atoms with Gasteiger partial charge in [0.05, 0.1) is 33.6 Å². The molecule has 42 heavy (non-hydrogen) atoms. The second-order valence-electron chi connectivity index (χ2n) is 9.96. The smallest absolute Gasteiger partial charge is 0.350 e. The maximum atomic E-state index is 12.4. The van der Waals surface area contributed by atoms with Gasteiger partial charge in [0, 0.05) is 43.2 Å². The Morgan fingerprint density at radius 2 is 1.69 bits per heavy atom. The van der Waals surface area contributed by atoms with Crippen LogP contribution in [-0.2, 0) is 17.7 Å². The average molecular weight is 615 g/mol. The van der Waals surface area contributed by atoms with E-state index in [-0.39, 0.29) is 5.97 Å². The molecule has 5 rings (SSSR count). The summed E-state index contributed by atoms with van der Waals surface area (Å²) in [7, 11) is 4.87. The van der Waals surface area contributed by atoms with Crippen LogP contribution in [-0.4, -0.2) is 80.0 Å². The van der Waals surface area contributed by atoms with Crippen molar-refractivity contribution in [1.82, 2.24) is 15.0 Å². The van der Waals surface area contributed by atoms with Crippen LogP contribution in [0.5, 0.6) is 17.2 Å². The van der Waals surface area contributed by atoms with Gasteiger partial charge in [-0.2, -0.15) is 21.7 Å². The minimum atomic E-state index is -0.369. The van der Waals surface area contributed by atoms with Gasteiger partial charge in [0.2, 0.25) is 11.7 Å². The van der Waals surface area contributed by atoms with Gasteiger partial charge in [-0.3, -0.25) is 5.32 Å². The van der Waals surface area contributed by atoms with Crippen LogP contribution in [0.1, 0.15) is 46.3 Å². The molecule has 0 aliphatic carbocycles. The van der Waals surface area contributed by atoms with E-state index in [0.717, 1.165) is 67.6 Å². The first-order valence-electron chi connectivity index (χ1n) is 14.1. The van der Waals surface area contributed by atoms with E-state index in [0.29, 0.717) is 52.1 Å².